The van der Waals surface area contributed by atoms with Crippen LogP contribution in [0.4, 0.5) is 5.69 Å². The molecule has 148 valence electrons. The number of halogens is 1. The van der Waals surface area contributed by atoms with Crippen LogP contribution in [0.25, 0.3) is 0 Å². The lowest BCUT2D eigenvalue weighted by molar-refractivity contribution is -0.0603. The molecular formula is C19H21ClN4O4. The van der Waals surface area contributed by atoms with Gasteiger partial charge in [0.05, 0.1) is 25.1 Å². The first-order chi connectivity index (χ1) is 13.6. The van der Waals surface area contributed by atoms with Crippen LogP contribution in [-0.4, -0.2) is 58.8 Å². The van der Waals surface area contributed by atoms with Gasteiger partial charge in [0.25, 0.3) is 0 Å². The maximum atomic E-state index is 10.7. The summed E-state index contributed by atoms with van der Waals surface area (Å²) in [5, 5.41) is 24.2. The second kappa shape index (κ2) is 8.42. The minimum absolute atomic E-state index is 0.125. The predicted octanol–water partition coefficient (Wildman–Crippen LogP) is 1.76. The van der Waals surface area contributed by atoms with Gasteiger partial charge >= 0.3 is 0 Å². The number of ether oxygens (including phenoxy) is 2. The molecular weight excluding hydrogens is 384 g/mol. The Bertz CT molecular complexity index is 873. The lowest BCUT2D eigenvalue weighted by Gasteiger charge is -2.31. The highest BCUT2D eigenvalue weighted by Gasteiger charge is 2.23. The first-order valence-corrected chi connectivity index (χ1v) is 9.38. The third kappa shape index (κ3) is 4.11. The number of aromatic nitrogens is 1. The van der Waals surface area contributed by atoms with Crippen molar-refractivity contribution in [2.75, 3.05) is 32.9 Å². The van der Waals surface area contributed by atoms with Crippen molar-refractivity contribution < 1.29 is 19.7 Å². The molecule has 0 radical (unpaired) electrons. The lowest BCUT2D eigenvalue weighted by Crippen LogP contribution is -2.39. The van der Waals surface area contributed by atoms with E-state index in [4.69, 9.17) is 21.1 Å². The molecule has 2 aliphatic heterocycles. The first kappa shape index (κ1) is 19.1. The van der Waals surface area contributed by atoms with Crippen molar-refractivity contribution in [3.05, 3.63) is 52.8 Å². The van der Waals surface area contributed by atoms with E-state index >= 15 is 0 Å². The monoisotopic (exact) mass is 404 g/mol. The smallest absolute Gasteiger partial charge is 0.153 e. The summed E-state index contributed by atoms with van der Waals surface area (Å²) in [4.78, 5) is 10.4. The molecule has 28 heavy (non-hydrogen) atoms. The summed E-state index contributed by atoms with van der Waals surface area (Å²) in [5.41, 5.74) is 1.85. The van der Waals surface area contributed by atoms with Gasteiger partial charge in [-0.2, -0.15) is 0 Å². The van der Waals surface area contributed by atoms with Crippen molar-refractivity contribution in [2.45, 2.75) is 12.5 Å². The molecule has 1 aromatic carbocycles. The van der Waals surface area contributed by atoms with Crippen molar-refractivity contribution in [3.63, 3.8) is 0 Å². The quantitative estimate of drug-likeness (QED) is 0.698. The fourth-order valence-corrected chi connectivity index (χ4v) is 3.40. The number of hydrogen-bond donors (Lipinski definition) is 3. The lowest BCUT2D eigenvalue weighted by atomic mass is 10.1. The van der Waals surface area contributed by atoms with Crippen molar-refractivity contribution >= 4 is 23.1 Å². The number of aliphatic imine (C=N–C) groups is 1. The highest BCUT2D eigenvalue weighted by atomic mass is 35.5. The Kier molecular flexibility index (Phi) is 5.74. The zero-order valence-electron chi connectivity index (χ0n) is 15.1. The Morgan fingerprint density at radius 1 is 1.32 bits per heavy atom. The van der Waals surface area contributed by atoms with E-state index in [1.807, 2.05) is 4.90 Å². The van der Waals surface area contributed by atoms with Gasteiger partial charge in [0.1, 0.15) is 24.4 Å². The van der Waals surface area contributed by atoms with Crippen LogP contribution < -0.4 is 10.1 Å². The molecule has 0 amide bonds. The Labute approximate surface area is 167 Å². The number of benzene rings is 1. The van der Waals surface area contributed by atoms with Gasteiger partial charge in [0.2, 0.25) is 0 Å². The third-order valence-corrected chi connectivity index (χ3v) is 5.04. The van der Waals surface area contributed by atoms with Crippen LogP contribution in [0.1, 0.15) is 23.6 Å². The van der Waals surface area contributed by atoms with E-state index in [1.165, 1.54) is 0 Å². The van der Waals surface area contributed by atoms with E-state index in [2.05, 4.69) is 15.3 Å². The van der Waals surface area contributed by atoms with E-state index in [0.717, 1.165) is 0 Å². The van der Waals surface area contributed by atoms with Gasteiger partial charge < -0.3 is 25.0 Å². The number of hydrogen-bond acceptors (Lipinski definition) is 8. The molecule has 9 heteroatoms. The molecule has 0 bridgehead atoms. The fraction of sp³-hybridized carbons (Fsp3) is 0.368. The highest BCUT2D eigenvalue weighted by molar-refractivity contribution is 6.31. The number of fused-ring (bicyclic) bond motifs is 1. The maximum Gasteiger partial charge on any atom is 0.153 e. The molecule has 1 fully saturated rings. The Morgan fingerprint density at radius 2 is 2.14 bits per heavy atom. The largest absolute Gasteiger partial charge is 0.486 e. The molecule has 0 spiro atoms. The maximum absolute atomic E-state index is 10.7. The molecule has 2 unspecified atom stereocenters. The number of aliphatic hydroxyl groups is 2. The summed E-state index contributed by atoms with van der Waals surface area (Å²) < 4.78 is 11.1. The van der Waals surface area contributed by atoms with E-state index in [0.29, 0.717) is 59.7 Å². The number of rotatable bonds is 5. The number of nitrogens with zero attached hydrogens (tertiary/aromatic N) is 3. The fourth-order valence-electron chi connectivity index (χ4n) is 3.19. The molecule has 3 heterocycles. The second-order valence-corrected chi connectivity index (χ2v) is 6.94. The number of nitrogens with one attached hydrogen (secondary N) is 1. The summed E-state index contributed by atoms with van der Waals surface area (Å²) in [6, 6.07) is 6.86. The van der Waals surface area contributed by atoms with Crippen molar-refractivity contribution in [3.8, 4) is 5.75 Å². The standard InChI is InChI=1S/C19H21ClN4O4/c20-15-2-1-12(9-14(15)19(26)24-5-7-27-8-6-24)28-11-17-22-16-10-21-4-3-13(16)18(25)23-17/h1-4,9-10,18-19,25-26H,5-8,11H2,(H,22,23). The van der Waals surface area contributed by atoms with E-state index in [9.17, 15) is 10.2 Å². The number of aliphatic hydroxyl groups excluding tert-OH is 2. The normalized spacial score (nSPS) is 20.7. The molecule has 2 aromatic rings. The topological polar surface area (TPSA) is 99.4 Å². The van der Waals surface area contributed by atoms with Crippen LogP contribution in [0.15, 0.2) is 41.7 Å². The van der Waals surface area contributed by atoms with Crippen LogP contribution in [0.3, 0.4) is 0 Å². The molecule has 1 aromatic heterocycles. The average molecular weight is 405 g/mol. The molecule has 0 aliphatic carbocycles. The van der Waals surface area contributed by atoms with Gasteiger partial charge in [-0.25, -0.2) is 4.99 Å². The van der Waals surface area contributed by atoms with Crippen molar-refractivity contribution in [1.82, 2.24) is 15.2 Å². The summed E-state index contributed by atoms with van der Waals surface area (Å²) in [7, 11) is 0. The van der Waals surface area contributed by atoms with Gasteiger partial charge in [0.15, 0.2) is 6.23 Å². The minimum Gasteiger partial charge on any atom is -0.486 e. The van der Waals surface area contributed by atoms with Crippen LogP contribution in [-0.2, 0) is 4.74 Å². The summed E-state index contributed by atoms with van der Waals surface area (Å²) in [6.45, 7) is 2.55. The highest BCUT2D eigenvalue weighted by Crippen LogP contribution is 2.30. The van der Waals surface area contributed by atoms with Gasteiger partial charge in [-0.3, -0.25) is 9.88 Å². The first-order valence-electron chi connectivity index (χ1n) is 9.00. The van der Waals surface area contributed by atoms with E-state index in [1.54, 1.807) is 36.7 Å². The molecule has 0 saturated carbocycles. The summed E-state index contributed by atoms with van der Waals surface area (Å²) >= 11 is 6.28. The predicted molar refractivity (Wildman–Crippen MR) is 104 cm³/mol. The third-order valence-electron chi connectivity index (χ3n) is 4.70. The molecule has 4 rings (SSSR count). The Morgan fingerprint density at radius 3 is 2.96 bits per heavy atom. The van der Waals surface area contributed by atoms with Crippen molar-refractivity contribution in [1.29, 1.82) is 0 Å². The van der Waals surface area contributed by atoms with E-state index in [-0.39, 0.29) is 6.61 Å². The number of amidine groups is 1. The van der Waals surface area contributed by atoms with Gasteiger partial charge in [0, 0.05) is 35.4 Å². The Balaban J connectivity index is 1.46. The number of morpholine rings is 1. The molecule has 8 nitrogen and oxygen atoms in total. The van der Waals surface area contributed by atoms with Crippen molar-refractivity contribution in [2.24, 2.45) is 4.99 Å². The second-order valence-electron chi connectivity index (χ2n) is 6.53. The van der Waals surface area contributed by atoms with Crippen LogP contribution >= 0.6 is 11.6 Å². The Hall–Kier alpha value is -2.23. The molecule has 3 N–H and O–H groups in total. The number of pyridine rings is 1. The van der Waals surface area contributed by atoms with Gasteiger partial charge in [-0.15, -0.1) is 0 Å². The van der Waals surface area contributed by atoms with E-state index < -0.39 is 12.5 Å². The SMILES string of the molecule is OC1NC(COc2ccc(Cl)c(C(O)N3CCOCC3)c2)=Nc2cnccc21. The zero-order valence-corrected chi connectivity index (χ0v) is 15.8. The average Bonchev–Trinajstić information content (AvgIpc) is 2.73. The summed E-state index contributed by atoms with van der Waals surface area (Å²) in [5.74, 6) is 1.03. The van der Waals surface area contributed by atoms with Gasteiger partial charge in [-0.1, -0.05) is 11.6 Å². The van der Waals surface area contributed by atoms with Crippen LogP contribution in [0.5, 0.6) is 5.75 Å². The molecule has 2 aliphatic rings. The van der Waals surface area contributed by atoms with Crippen LogP contribution in [0, 0.1) is 0 Å². The minimum atomic E-state index is -0.863. The van der Waals surface area contributed by atoms with Crippen LogP contribution in [0.2, 0.25) is 5.02 Å². The zero-order chi connectivity index (χ0) is 19.5. The van der Waals surface area contributed by atoms with Gasteiger partial charge in [-0.05, 0) is 24.3 Å². The molecule has 1 saturated heterocycles. The molecule has 2 atom stereocenters. The summed E-state index contributed by atoms with van der Waals surface area (Å²) in [6.07, 6.45) is 1.51.